The molecule has 0 spiro atoms. The van der Waals surface area contributed by atoms with Crippen molar-refractivity contribution in [2.75, 3.05) is 0 Å². The van der Waals surface area contributed by atoms with Gasteiger partial charge < -0.3 is 9.13 Å². The Kier molecular flexibility index (Phi) is 5.71. The highest BCUT2D eigenvalue weighted by molar-refractivity contribution is 6.22. The van der Waals surface area contributed by atoms with Crippen molar-refractivity contribution in [3.8, 4) is 22.5 Å². The predicted octanol–water partition coefficient (Wildman–Crippen LogP) is 13.1. The van der Waals surface area contributed by atoms with Gasteiger partial charge in [0.2, 0.25) is 0 Å². The Morgan fingerprint density at radius 1 is 0.528 bits per heavy atom. The summed E-state index contributed by atoms with van der Waals surface area (Å²) < 4.78 is 4.86. The molecule has 0 atom stereocenters. The predicted molar refractivity (Wildman–Crippen MR) is 223 cm³/mol. The van der Waals surface area contributed by atoms with Gasteiger partial charge in [-0.05, 0) is 134 Å². The molecule has 3 aliphatic carbocycles. The van der Waals surface area contributed by atoms with Gasteiger partial charge in [-0.25, -0.2) is 0 Å². The minimum atomic E-state index is -0.0616. The van der Waals surface area contributed by atoms with Crippen LogP contribution < -0.4 is 0 Å². The Morgan fingerprint density at radius 2 is 1.19 bits per heavy atom. The molecule has 0 saturated carbocycles. The highest BCUT2D eigenvalue weighted by atomic mass is 15.0. The first kappa shape index (κ1) is 29.2. The molecule has 0 aliphatic heterocycles. The minimum Gasteiger partial charge on any atom is -0.310 e. The summed E-state index contributed by atoms with van der Waals surface area (Å²) in [6, 6.07) is 54.7. The van der Waals surface area contributed by atoms with Crippen molar-refractivity contribution in [1.82, 2.24) is 9.13 Å². The third-order valence-electron chi connectivity index (χ3n) is 12.5. The molecular weight excluding hydrogens is 641 g/mol. The molecule has 3 aliphatic rings. The van der Waals surface area contributed by atoms with E-state index < -0.39 is 0 Å². The lowest BCUT2D eigenvalue weighted by Crippen LogP contribution is -2.16. The molecule has 0 radical (unpaired) electrons. The third-order valence-corrected chi connectivity index (χ3v) is 12.5. The van der Waals surface area contributed by atoms with E-state index in [1.54, 1.807) is 0 Å². The van der Waals surface area contributed by atoms with Crippen molar-refractivity contribution < 1.29 is 0 Å². The van der Waals surface area contributed by atoms with Crippen LogP contribution in [0.2, 0.25) is 0 Å². The molecule has 0 unspecified atom stereocenters. The molecule has 53 heavy (non-hydrogen) atoms. The smallest absolute Gasteiger partial charge is 0.0541 e. The summed E-state index contributed by atoms with van der Waals surface area (Å²) in [4.78, 5) is 0. The van der Waals surface area contributed by atoms with Crippen LogP contribution in [-0.4, -0.2) is 9.13 Å². The van der Waals surface area contributed by atoms with Crippen LogP contribution in [0.4, 0.5) is 0 Å². The van der Waals surface area contributed by atoms with Crippen molar-refractivity contribution in [2.24, 2.45) is 0 Å². The van der Waals surface area contributed by atoms with Gasteiger partial charge in [0.05, 0.1) is 16.6 Å². The number of hydrogen-bond donors (Lipinski definition) is 0. The zero-order valence-corrected chi connectivity index (χ0v) is 29.8. The van der Waals surface area contributed by atoms with Crippen LogP contribution in [0.5, 0.6) is 0 Å². The summed E-state index contributed by atoms with van der Waals surface area (Å²) in [6.45, 7) is 4.80. The van der Waals surface area contributed by atoms with Crippen LogP contribution in [-0.2, 0) is 11.8 Å². The average Bonchev–Trinajstić information content (AvgIpc) is 3.90. The molecule has 7 aromatic carbocycles. The summed E-state index contributed by atoms with van der Waals surface area (Å²) in [7, 11) is 0. The molecule has 2 heterocycles. The Labute approximate surface area is 308 Å². The van der Waals surface area contributed by atoms with Crippen molar-refractivity contribution in [3.63, 3.8) is 0 Å². The Bertz CT molecular complexity index is 3120. The number of para-hydroxylation sites is 2. The summed E-state index contributed by atoms with van der Waals surface area (Å²) in [5.41, 5.74) is 19.8. The molecule has 2 nitrogen and oxygen atoms in total. The monoisotopic (exact) mass is 676 g/mol. The highest BCUT2D eigenvalue weighted by Gasteiger charge is 2.43. The lowest BCUT2D eigenvalue weighted by molar-refractivity contribution is 0.705. The number of hydrogen-bond acceptors (Lipinski definition) is 0. The number of fused-ring (bicyclic) bond motifs is 10. The van der Waals surface area contributed by atoms with E-state index in [0.29, 0.717) is 0 Å². The fourth-order valence-corrected chi connectivity index (χ4v) is 10.2. The highest BCUT2D eigenvalue weighted by Crippen LogP contribution is 2.59. The number of benzene rings is 7. The molecule has 0 bridgehead atoms. The van der Waals surface area contributed by atoms with Crippen LogP contribution in [0.3, 0.4) is 0 Å². The zero-order chi connectivity index (χ0) is 35.0. The number of allylic oxidation sites excluding steroid dienone is 2. The average molecular weight is 677 g/mol. The Morgan fingerprint density at radius 3 is 2.00 bits per heavy atom. The number of aromatic nitrogens is 2. The van der Waals surface area contributed by atoms with E-state index >= 15 is 0 Å². The van der Waals surface area contributed by atoms with Gasteiger partial charge in [-0.3, -0.25) is 0 Å². The number of nitrogens with zero attached hydrogens (tertiary/aromatic N) is 2. The first-order valence-electron chi connectivity index (χ1n) is 18.9. The van der Waals surface area contributed by atoms with E-state index in [4.69, 9.17) is 0 Å². The maximum atomic E-state index is 2.46. The molecule has 9 aromatic rings. The van der Waals surface area contributed by atoms with Crippen LogP contribution in [0.15, 0.2) is 152 Å². The number of rotatable bonds is 3. The van der Waals surface area contributed by atoms with Crippen LogP contribution in [0, 0.1) is 0 Å². The van der Waals surface area contributed by atoms with E-state index in [1.807, 2.05) is 0 Å². The van der Waals surface area contributed by atoms with Gasteiger partial charge >= 0.3 is 0 Å². The molecule has 2 heteroatoms. The Balaban J connectivity index is 0.985. The van der Waals surface area contributed by atoms with Gasteiger partial charge in [0.15, 0.2) is 0 Å². The fraction of sp³-hybridized carbons (Fsp3) is 0.0980. The first-order valence-corrected chi connectivity index (χ1v) is 18.9. The normalized spacial score (nSPS) is 15.2. The van der Waals surface area contributed by atoms with Crippen molar-refractivity contribution in [1.29, 1.82) is 0 Å². The van der Waals surface area contributed by atoms with Gasteiger partial charge in [-0.2, -0.15) is 0 Å². The van der Waals surface area contributed by atoms with Gasteiger partial charge in [-0.1, -0.05) is 111 Å². The molecule has 0 amide bonds. The SMILES string of the molecule is CC1(C)C2=C(c3cc(-c4ccc5c(c4)c4ccccc4n5-c4ccc(-n5c6c(c7ccccc75)CCC=C6)cc4)ccc31)c1cccc3cccc2c13. The van der Waals surface area contributed by atoms with E-state index in [9.17, 15) is 0 Å². The number of aryl methyl sites for hydroxylation is 1. The largest absolute Gasteiger partial charge is 0.310 e. The van der Waals surface area contributed by atoms with E-state index in [1.165, 1.54) is 111 Å². The van der Waals surface area contributed by atoms with Gasteiger partial charge in [0, 0.05) is 38.6 Å². The van der Waals surface area contributed by atoms with Crippen LogP contribution in [0.25, 0.3) is 83.2 Å². The van der Waals surface area contributed by atoms with Crippen molar-refractivity contribution >= 4 is 60.7 Å². The summed E-state index contributed by atoms with van der Waals surface area (Å²) >= 11 is 0. The van der Waals surface area contributed by atoms with Gasteiger partial charge in [0.25, 0.3) is 0 Å². The molecular formula is C51H36N2. The second-order valence-corrected chi connectivity index (χ2v) is 15.6. The maximum absolute atomic E-state index is 2.46. The summed E-state index contributed by atoms with van der Waals surface area (Å²) in [5.74, 6) is 0. The van der Waals surface area contributed by atoms with E-state index in [-0.39, 0.29) is 5.41 Å². The van der Waals surface area contributed by atoms with Gasteiger partial charge in [0.1, 0.15) is 0 Å². The third kappa shape index (κ3) is 3.83. The first-order chi connectivity index (χ1) is 26.1. The fourth-order valence-electron chi connectivity index (χ4n) is 10.2. The van der Waals surface area contributed by atoms with Crippen LogP contribution >= 0.6 is 0 Å². The molecule has 0 N–H and O–H groups in total. The molecule has 2 aromatic heterocycles. The lowest BCUT2D eigenvalue weighted by atomic mass is 9.78. The molecule has 250 valence electrons. The van der Waals surface area contributed by atoms with Crippen molar-refractivity contribution in [2.45, 2.75) is 32.1 Å². The standard InChI is InChI=1S/C51H36N2/c1-51(2)43-27-21-32(30-42(43)49-39-16-9-11-31-12-10-17-40(48(31)39)50(49)51)33-22-28-47-41(29-33)38-15-5-8-20-46(38)53(47)35-25-23-34(24-26-35)52-44-18-6-3-13-36(44)37-14-4-7-19-45(37)52/h3,5-13,15-30H,4,14H2,1-2H3. The second kappa shape index (κ2) is 10.4. The second-order valence-electron chi connectivity index (χ2n) is 15.6. The summed E-state index contributed by atoms with van der Waals surface area (Å²) in [5, 5.41) is 6.65. The topological polar surface area (TPSA) is 9.86 Å². The molecule has 0 saturated heterocycles. The molecule has 0 fully saturated rings. The Hall–Kier alpha value is -6.38. The molecule has 12 rings (SSSR count). The maximum Gasteiger partial charge on any atom is 0.0541 e. The van der Waals surface area contributed by atoms with E-state index in [0.717, 1.165) is 12.8 Å². The van der Waals surface area contributed by atoms with Crippen molar-refractivity contribution in [3.05, 3.63) is 185 Å². The quantitative estimate of drug-likeness (QED) is 0.176. The minimum absolute atomic E-state index is 0.0616. The summed E-state index contributed by atoms with van der Waals surface area (Å²) in [6.07, 6.45) is 6.81. The van der Waals surface area contributed by atoms with Crippen LogP contribution in [0.1, 0.15) is 53.8 Å². The lowest BCUT2D eigenvalue weighted by Gasteiger charge is -2.25. The zero-order valence-electron chi connectivity index (χ0n) is 29.8. The van der Waals surface area contributed by atoms with Gasteiger partial charge in [-0.15, -0.1) is 0 Å². The van der Waals surface area contributed by atoms with E-state index in [2.05, 4.69) is 181 Å².